The molecule has 1 aliphatic carbocycles. The molecule has 0 aliphatic heterocycles. The van der Waals surface area contributed by atoms with Crippen LogP contribution in [-0.4, -0.2) is 33.1 Å². The summed E-state index contributed by atoms with van der Waals surface area (Å²) in [6.07, 6.45) is 3.41. The van der Waals surface area contributed by atoms with Crippen molar-refractivity contribution in [1.29, 1.82) is 0 Å². The van der Waals surface area contributed by atoms with Gasteiger partial charge in [-0.1, -0.05) is 90.0 Å². The van der Waals surface area contributed by atoms with Gasteiger partial charge in [0.25, 0.3) is 10.0 Å². The Morgan fingerprint density at radius 3 is 2.17 bits per heavy atom. The van der Waals surface area contributed by atoms with Crippen molar-refractivity contribution >= 4 is 33.6 Å². The van der Waals surface area contributed by atoms with Gasteiger partial charge in [0.15, 0.2) is 0 Å². The zero-order chi connectivity index (χ0) is 30.7. The van der Waals surface area contributed by atoms with Gasteiger partial charge in [-0.15, -0.1) is 0 Å². The fourth-order valence-corrected chi connectivity index (χ4v) is 6.32. The van der Waals surface area contributed by atoms with E-state index in [4.69, 9.17) is 21.1 Å². The molecule has 3 aromatic rings. The molecule has 0 amide bonds. The second-order valence-corrected chi connectivity index (χ2v) is 13.3. The van der Waals surface area contributed by atoms with Crippen LogP contribution in [-0.2, 0) is 35.5 Å². The maximum absolute atomic E-state index is 14.2. The van der Waals surface area contributed by atoms with Crippen LogP contribution in [0.4, 0.5) is 0 Å². The Labute approximate surface area is 252 Å². The molecule has 4 rings (SSSR count). The van der Waals surface area contributed by atoms with Crippen LogP contribution in [0.5, 0.6) is 0 Å². The number of carbonyl (C=O) groups is 2. The summed E-state index contributed by atoms with van der Waals surface area (Å²) < 4.78 is 40.5. The highest BCUT2D eigenvalue weighted by atomic mass is 35.5. The zero-order valence-electron chi connectivity index (χ0n) is 24.2. The maximum atomic E-state index is 14.2. The van der Waals surface area contributed by atoms with Gasteiger partial charge in [-0.05, 0) is 69.0 Å². The van der Waals surface area contributed by atoms with E-state index >= 15 is 0 Å². The van der Waals surface area contributed by atoms with Gasteiger partial charge in [0.1, 0.15) is 16.7 Å². The van der Waals surface area contributed by atoms with E-state index in [1.807, 2.05) is 49.4 Å². The molecule has 0 radical (unpaired) electrons. The molecule has 220 valence electrons. The number of allylic oxidation sites excluding steroid dienone is 2. The number of sulfonamides is 1. The fraction of sp³-hybridized carbons (Fsp3) is 0.273. The van der Waals surface area contributed by atoms with E-state index in [0.29, 0.717) is 16.1 Å². The van der Waals surface area contributed by atoms with Crippen LogP contribution in [0.3, 0.4) is 0 Å². The third-order valence-electron chi connectivity index (χ3n) is 6.98. The number of benzene rings is 3. The molecule has 9 heteroatoms. The molecule has 0 fully saturated rings. The molecule has 1 N–H and O–H groups in total. The molecular weight excluding hydrogens is 574 g/mol. The van der Waals surface area contributed by atoms with Crippen molar-refractivity contribution in [3.63, 3.8) is 0 Å². The number of carbonyl (C=O) groups excluding carboxylic acids is 2. The third-order valence-corrected chi connectivity index (χ3v) is 8.72. The van der Waals surface area contributed by atoms with Gasteiger partial charge in [-0.2, -0.15) is 0 Å². The summed E-state index contributed by atoms with van der Waals surface area (Å²) in [5, 5.41) is 0.464. The lowest BCUT2D eigenvalue weighted by molar-refractivity contribution is -0.165. The Hall–Kier alpha value is -3.88. The minimum Gasteiger partial charge on any atom is -0.464 e. The normalized spacial score (nSPS) is 19.7. The van der Waals surface area contributed by atoms with Crippen molar-refractivity contribution in [2.45, 2.75) is 50.5 Å². The highest BCUT2D eigenvalue weighted by molar-refractivity contribution is 7.89. The number of esters is 2. The first-order valence-electron chi connectivity index (χ1n) is 13.4. The van der Waals surface area contributed by atoms with Crippen molar-refractivity contribution in [1.82, 2.24) is 4.72 Å². The van der Waals surface area contributed by atoms with Gasteiger partial charge < -0.3 is 9.47 Å². The largest absolute Gasteiger partial charge is 0.464 e. The SMILES string of the molecule is COC(=O)/C(NS(=O)(=O)c1ccc(C)cc1)=C1/C=C[C@](Cc2ccccc2Cl)(C(=O)OC(C)(C)C)[C@H]1c1ccccc1. The second-order valence-electron chi connectivity index (χ2n) is 11.2. The van der Waals surface area contributed by atoms with Crippen LogP contribution in [0, 0.1) is 12.3 Å². The van der Waals surface area contributed by atoms with E-state index in [-0.39, 0.29) is 22.6 Å². The zero-order valence-corrected chi connectivity index (χ0v) is 25.8. The smallest absolute Gasteiger partial charge is 0.355 e. The third kappa shape index (κ3) is 6.61. The number of ether oxygens (including phenoxy) is 2. The molecule has 0 saturated carbocycles. The molecule has 42 heavy (non-hydrogen) atoms. The van der Waals surface area contributed by atoms with Crippen molar-refractivity contribution in [3.05, 3.63) is 124 Å². The topological polar surface area (TPSA) is 98.8 Å². The standard InChI is InChI=1S/C33H34ClNO6S/c1-22-15-17-25(18-16-22)42(38,39)35-29(30(36)40-5)26-19-20-33(31(37)41-32(2,3)4,21-24-13-9-10-14-27(24)34)28(26)23-11-7-6-8-12-23/h6-20,28,35H,21H2,1-5H3/b29-26+/t28-,33+/m0/s1. The summed E-state index contributed by atoms with van der Waals surface area (Å²) >= 11 is 6.58. The Bertz CT molecular complexity index is 1640. The Morgan fingerprint density at radius 2 is 1.57 bits per heavy atom. The van der Waals surface area contributed by atoms with E-state index in [0.717, 1.165) is 5.56 Å². The van der Waals surface area contributed by atoms with E-state index < -0.39 is 38.9 Å². The average Bonchev–Trinajstić information content (AvgIpc) is 3.32. The number of rotatable bonds is 8. The monoisotopic (exact) mass is 607 g/mol. The van der Waals surface area contributed by atoms with Gasteiger partial charge in [0, 0.05) is 10.9 Å². The predicted molar refractivity (Wildman–Crippen MR) is 162 cm³/mol. The molecule has 0 unspecified atom stereocenters. The lowest BCUT2D eigenvalue weighted by atomic mass is 9.69. The van der Waals surface area contributed by atoms with E-state index in [1.165, 1.54) is 19.2 Å². The number of halogens is 1. The van der Waals surface area contributed by atoms with Gasteiger partial charge in [-0.3, -0.25) is 9.52 Å². The highest BCUT2D eigenvalue weighted by Gasteiger charge is 2.52. The lowest BCUT2D eigenvalue weighted by Crippen LogP contribution is -2.42. The van der Waals surface area contributed by atoms with E-state index in [1.54, 1.807) is 57.2 Å². The summed E-state index contributed by atoms with van der Waals surface area (Å²) in [7, 11) is -3.04. The molecule has 0 bridgehead atoms. The minimum atomic E-state index is -4.21. The first kappa shape index (κ1) is 31.1. The van der Waals surface area contributed by atoms with Crippen molar-refractivity contribution < 1.29 is 27.5 Å². The van der Waals surface area contributed by atoms with Crippen LogP contribution in [0.1, 0.15) is 43.4 Å². The molecule has 2 atom stereocenters. The van der Waals surface area contributed by atoms with Crippen LogP contribution < -0.4 is 4.72 Å². The average molecular weight is 608 g/mol. The molecule has 1 aliphatic rings. The van der Waals surface area contributed by atoms with Crippen molar-refractivity contribution in [3.8, 4) is 0 Å². The molecule has 0 heterocycles. The van der Waals surface area contributed by atoms with Gasteiger partial charge in [0.2, 0.25) is 0 Å². The Kier molecular flexibility index (Phi) is 8.99. The molecule has 3 aromatic carbocycles. The summed E-state index contributed by atoms with van der Waals surface area (Å²) in [5.74, 6) is -2.27. The van der Waals surface area contributed by atoms with E-state index in [2.05, 4.69) is 4.72 Å². The molecule has 0 saturated heterocycles. The number of nitrogens with one attached hydrogen (secondary N) is 1. The predicted octanol–water partition coefficient (Wildman–Crippen LogP) is 6.28. The van der Waals surface area contributed by atoms with E-state index in [9.17, 15) is 18.0 Å². The van der Waals surface area contributed by atoms with Gasteiger partial charge in [0.05, 0.1) is 12.0 Å². The van der Waals surface area contributed by atoms with Gasteiger partial charge in [-0.25, -0.2) is 13.2 Å². The Balaban J connectivity index is 1.97. The second kappa shape index (κ2) is 12.2. The molecule has 7 nitrogen and oxygen atoms in total. The Morgan fingerprint density at radius 1 is 0.952 bits per heavy atom. The first-order valence-corrected chi connectivity index (χ1v) is 15.3. The molecular formula is C33H34ClNO6S. The highest BCUT2D eigenvalue weighted by Crippen LogP contribution is 2.52. The van der Waals surface area contributed by atoms with Gasteiger partial charge >= 0.3 is 11.9 Å². The summed E-state index contributed by atoms with van der Waals surface area (Å²) in [4.78, 5) is 27.5. The number of aryl methyl sites for hydroxylation is 1. The maximum Gasteiger partial charge on any atom is 0.355 e. The number of methoxy groups -OCH3 is 1. The van der Waals surface area contributed by atoms with Crippen LogP contribution in [0.2, 0.25) is 5.02 Å². The minimum absolute atomic E-state index is 0.0252. The first-order chi connectivity index (χ1) is 19.8. The summed E-state index contributed by atoms with van der Waals surface area (Å²) in [5.41, 5.74) is -0.00373. The molecule has 0 spiro atoms. The summed E-state index contributed by atoms with van der Waals surface area (Å²) in [6, 6.07) is 22.5. The number of hydrogen-bond donors (Lipinski definition) is 1. The fourth-order valence-electron chi connectivity index (χ4n) is 5.04. The van der Waals surface area contributed by atoms with Crippen molar-refractivity contribution in [2.24, 2.45) is 5.41 Å². The van der Waals surface area contributed by atoms with Crippen LogP contribution >= 0.6 is 11.6 Å². The quantitative estimate of drug-likeness (QED) is 0.239. The lowest BCUT2D eigenvalue weighted by Gasteiger charge is -2.36. The molecule has 0 aromatic heterocycles. The van der Waals surface area contributed by atoms with Crippen LogP contribution in [0.25, 0.3) is 0 Å². The number of hydrogen-bond acceptors (Lipinski definition) is 6. The van der Waals surface area contributed by atoms with Crippen LogP contribution in [0.15, 0.2) is 107 Å². The summed E-state index contributed by atoms with van der Waals surface area (Å²) in [6.45, 7) is 7.17. The van der Waals surface area contributed by atoms with Crippen molar-refractivity contribution in [2.75, 3.05) is 7.11 Å².